The third-order valence-corrected chi connectivity index (χ3v) is 3.94. The van der Waals surface area contributed by atoms with Gasteiger partial charge in [0.05, 0.1) is 12.3 Å². The minimum Gasteiger partial charge on any atom is -0.491 e. The number of anilines is 2. The molecule has 0 unspecified atom stereocenters. The lowest BCUT2D eigenvalue weighted by Crippen LogP contribution is -2.43. The molecule has 1 aliphatic heterocycles. The predicted molar refractivity (Wildman–Crippen MR) is 104 cm³/mol. The molecule has 6 heteroatoms. The highest BCUT2D eigenvalue weighted by atomic mass is 16.5. The van der Waals surface area contributed by atoms with Crippen molar-refractivity contribution in [3.63, 3.8) is 0 Å². The van der Waals surface area contributed by atoms with Gasteiger partial charge in [-0.3, -0.25) is 0 Å². The zero-order valence-corrected chi connectivity index (χ0v) is 15.9. The van der Waals surface area contributed by atoms with Crippen molar-refractivity contribution in [2.75, 3.05) is 43.0 Å². The number of piperazine rings is 1. The smallest absolute Gasteiger partial charge is 0.319 e. The van der Waals surface area contributed by atoms with Crippen molar-refractivity contribution in [2.45, 2.75) is 46.1 Å². The molecule has 1 fully saturated rings. The van der Waals surface area contributed by atoms with E-state index in [2.05, 4.69) is 27.8 Å². The summed E-state index contributed by atoms with van der Waals surface area (Å²) in [5, 5.41) is 9.20. The Labute approximate surface area is 151 Å². The molecule has 0 aliphatic carbocycles. The van der Waals surface area contributed by atoms with Crippen LogP contribution in [0.4, 0.5) is 16.2 Å². The molecule has 2 rings (SSSR count). The molecule has 1 aromatic rings. The first-order valence-electron chi connectivity index (χ1n) is 9.21. The number of benzene rings is 1. The average molecular weight is 348 g/mol. The van der Waals surface area contributed by atoms with Gasteiger partial charge in [-0.15, -0.1) is 0 Å². The standard InChI is InChI=1S/C19H32N4O2/c1-5-6-13-25-17-14-15(23-11-9-20-10-12-23)7-8-16(17)21-18(24)22-19(2,3)4/h7-8,14,20H,5-6,9-13H2,1-4H3,(H2,21,22,24). The quantitative estimate of drug-likeness (QED) is 0.691. The van der Waals surface area contributed by atoms with Gasteiger partial charge in [-0.05, 0) is 39.3 Å². The van der Waals surface area contributed by atoms with E-state index in [1.165, 1.54) is 0 Å². The Morgan fingerprint density at radius 2 is 2.00 bits per heavy atom. The molecule has 2 amide bonds. The van der Waals surface area contributed by atoms with Crippen molar-refractivity contribution in [1.29, 1.82) is 0 Å². The van der Waals surface area contributed by atoms with Gasteiger partial charge < -0.3 is 25.6 Å². The molecule has 0 spiro atoms. The Bertz CT molecular complexity index is 563. The SMILES string of the molecule is CCCCOc1cc(N2CCNCC2)ccc1NC(=O)NC(C)(C)C. The minimum absolute atomic E-state index is 0.220. The third-order valence-electron chi connectivity index (χ3n) is 3.94. The number of nitrogens with zero attached hydrogens (tertiary/aromatic N) is 1. The largest absolute Gasteiger partial charge is 0.491 e. The highest BCUT2D eigenvalue weighted by Gasteiger charge is 2.17. The van der Waals surface area contributed by atoms with Crippen LogP contribution in [0.3, 0.4) is 0 Å². The van der Waals surface area contributed by atoms with Crippen LogP contribution in [-0.4, -0.2) is 44.4 Å². The average Bonchev–Trinajstić information content (AvgIpc) is 2.55. The normalized spacial score (nSPS) is 15.0. The fourth-order valence-electron chi connectivity index (χ4n) is 2.67. The fourth-order valence-corrected chi connectivity index (χ4v) is 2.67. The Kier molecular flexibility index (Phi) is 6.93. The van der Waals surface area contributed by atoms with Gasteiger partial charge in [-0.2, -0.15) is 0 Å². The molecule has 25 heavy (non-hydrogen) atoms. The van der Waals surface area contributed by atoms with Crippen LogP contribution in [0.25, 0.3) is 0 Å². The van der Waals surface area contributed by atoms with Crippen LogP contribution in [0.15, 0.2) is 18.2 Å². The summed E-state index contributed by atoms with van der Waals surface area (Å²) in [7, 11) is 0. The Hall–Kier alpha value is -1.95. The lowest BCUT2D eigenvalue weighted by molar-refractivity contribution is 0.243. The number of rotatable bonds is 6. The van der Waals surface area contributed by atoms with E-state index in [-0.39, 0.29) is 11.6 Å². The second-order valence-corrected chi connectivity index (χ2v) is 7.45. The molecule has 0 radical (unpaired) electrons. The number of nitrogens with one attached hydrogen (secondary N) is 3. The second-order valence-electron chi connectivity index (χ2n) is 7.45. The summed E-state index contributed by atoms with van der Waals surface area (Å²) in [4.78, 5) is 14.5. The minimum atomic E-state index is -0.284. The zero-order chi connectivity index (χ0) is 18.3. The van der Waals surface area contributed by atoms with E-state index in [0.717, 1.165) is 50.5 Å². The second kappa shape index (κ2) is 8.94. The molecular weight excluding hydrogens is 316 g/mol. The van der Waals surface area contributed by atoms with Gasteiger partial charge >= 0.3 is 6.03 Å². The van der Waals surface area contributed by atoms with Gasteiger partial charge in [-0.25, -0.2) is 4.79 Å². The van der Waals surface area contributed by atoms with Crippen molar-refractivity contribution in [3.05, 3.63) is 18.2 Å². The number of hydrogen-bond donors (Lipinski definition) is 3. The van der Waals surface area contributed by atoms with E-state index in [9.17, 15) is 4.79 Å². The summed E-state index contributed by atoms with van der Waals surface area (Å²) in [5.74, 6) is 0.730. The number of amides is 2. The van der Waals surface area contributed by atoms with E-state index < -0.39 is 0 Å². The van der Waals surface area contributed by atoms with Gasteiger partial charge in [-0.1, -0.05) is 13.3 Å². The maximum absolute atomic E-state index is 12.2. The van der Waals surface area contributed by atoms with E-state index >= 15 is 0 Å². The lowest BCUT2D eigenvalue weighted by atomic mass is 10.1. The first kappa shape index (κ1) is 19.4. The lowest BCUT2D eigenvalue weighted by Gasteiger charge is -2.30. The van der Waals surface area contributed by atoms with Crippen molar-refractivity contribution >= 4 is 17.4 Å². The molecule has 140 valence electrons. The molecule has 3 N–H and O–H groups in total. The van der Waals surface area contributed by atoms with Gasteiger partial charge in [0.2, 0.25) is 0 Å². The first-order chi connectivity index (χ1) is 11.9. The number of ether oxygens (including phenoxy) is 1. The molecule has 0 bridgehead atoms. The van der Waals surface area contributed by atoms with Crippen LogP contribution in [0.2, 0.25) is 0 Å². The summed E-state index contributed by atoms with van der Waals surface area (Å²) in [5.41, 5.74) is 1.56. The maximum Gasteiger partial charge on any atom is 0.319 e. The van der Waals surface area contributed by atoms with Crippen molar-refractivity contribution < 1.29 is 9.53 Å². The van der Waals surface area contributed by atoms with Crippen LogP contribution in [0.1, 0.15) is 40.5 Å². The predicted octanol–water partition coefficient (Wildman–Crippen LogP) is 3.20. The number of carbonyl (C=O) groups excluding carboxylic acids is 1. The summed E-state index contributed by atoms with van der Waals surface area (Å²) < 4.78 is 5.96. The van der Waals surface area contributed by atoms with E-state index in [1.54, 1.807) is 0 Å². The van der Waals surface area contributed by atoms with E-state index in [1.807, 2.05) is 39.0 Å². The number of unbranched alkanes of at least 4 members (excludes halogenated alkanes) is 1. The maximum atomic E-state index is 12.2. The highest BCUT2D eigenvalue weighted by Crippen LogP contribution is 2.30. The monoisotopic (exact) mass is 348 g/mol. The molecule has 6 nitrogen and oxygen atoms in total. The zero-order valence-electron chi connectivity index (χ0n) is 15.9. The number of carbonyl (C=O) groups is 1. The Morgan fingerprint density at radius 1 is 1.28 bits per heavy atom. The topological polar surface area (TPSA) is 65.6 Å². The Balaban J connectivity index is 2.14. The van der Waals surface area contributed by atoms with Crippen LogP contribution < -0.4 is 25.6 Å². The number of hydrogen-bond acceptors (Lipinski definition) is 4. The highest BCUT2D eigenvalue weighted by molar-refractivity contribution is 5.91. The molecule has 1 aliphatic rings. The summed E-state index contributed by atoms with van der Waals surface area (Å²) in [6.45, 7) is 12.6. The fraction of sp³-hybridized carbons (Fsp3) is 0.632. The molecular formula is C19H32N4O2. The molecule has 0 aromatic heterocycles. The molecule has 1 aromatic carbocycles. The summed E-state index contributed by atoms with van der Waals surface area (Å²) in [6.07, 6.45) is 2.07. The molecule has 1 heterocycles. The van der Waals surface area contributed by atoms with Crippen LogP contribution in [0.5, 0.6) is 5.75 Å². The molecule has 0 saturated carbocycles. The van der Waals surface area contributed by atoms with Gasteiger partial charge in [0.15, 0.2) is 0 Å². The van der Waals surface area contributed by atoms with Crippen LogP contribution in [0, 0.1) is 0 Å². The van der Waals surface area contributed by atoms with Crippen molar-refractivity contribution in [1.82, 2.24) is 10.6 Å². The van der Waals surface area contributed by atoms with E-state index in [0.29, 0.717) is 12.3 Å². The summed E-state index contributed by atoms with van der Waals surface area (Å²) in [6, 6.07) is 5.79. The molecule has 0 atom stereocenters. The van der Waals surface area contributed by atoms with E-state index in [4.69, 9.17) is 4.74 Å². The van der Waals surface area contributed by atoms with Crippen molar-refractivity contribution in [3.8, 4) is 5.75 Å². The van der Waals surface area contributed by atoms with Gasteiger partial charge in [0.25, 0.3) is 0 Å². The van der Waals surface area contributed by atoms with Gasteiger partial charge in [0, 0.05) is 43.5 Å². The summed E-state index contributed by atoms with van der Waals surface area (Å²) >= 11 is 0. The molecule has 1 saturated heterocycles. The van der Waals surface area contributed by atoms with Crippen molar-refractivity contribution in [2.24, 2.45) is 0 Å². The number of urea groups is 1. The van der Waals surface area contributed by atoms with Crippen LogP contribution >= 0.6 is 0 Å². The van der Waals surface area contributed by atoms with Crippen LogP contribution in [-0.2, 0) is 0 Å². The Morgan fingerprint density at radius 3 is 2.64 bits per heavy atom. The first-order valence-corrected chi connectivity index (χ1v) is 9.21. The third kappa shape index (κ3) is 6.46. The van der Waals surface area contributed by atoms with Gasteiger partial charge in [0.1, 0.15) is 5.75 Å².